The van der Waals surface area contributed by atoms with E-state index in [1.54, 1.807) is 0 Å². The second-order valence-electron chi connectivity index (χ2n) is 7.59. The van der Waals surface area contributed by atoms with Gasteiger partial charge in [-0.05, 0) is 37.3 Å². The van der Waals surface area contributed by atoms with Crippen molar-refractivity contribution in [2.24, 2.45) is 11.3 Å². The molecule has 1 N–H and O–H groups in total. The molecule has 4 nitrogen and oxygen atoms in total. The lowest BCUT2D eigenvalue weighted by Gasteiger charge is -2.47. The Kier molecular flexibility index (Phi) is 3.87. The van der Waals surface area contributed by atoms with Crippen LogP contribution < -0.4 is 5.32 Å². The Morgan fingerprint density at radius 3 is 2.55 bits per heavy atom. The summed E-state index contributed by atoms with van der Waals surface area (Å²) in [6.07, 6.45) is 8.61. The van der Waals surface area contributed by atoms with Crippen LogP contribution in [0.15, 0.2) is 18.7 Å². The molecule has 2 atom stereocenters. The van der Waals surface area contributed by atoms with Gasteiger partial charge in [-0.1, -0.05) is 20.8 Å². The number of fused-ring (bicyclic) bond motifs is 3. The van der Waals surface area contributed by atoms with E-state index in [4.69, 9.17) is 0 Å². The minimum absolute atomic E-state index is 0.260. The summed E-state index contributed by atoms with van der Waals surface area (Å²) < 4.78 is 2.20. The van der Waals surface area contributed by atoms with Gasteiger partial charge < -0.3 is 14.8 Å². The van der Waals surface area contributed by atoms with Crippen LogP contribution in [0.2, 0.25) is 0 Å². The maximum atomic E-state index is 4.17. The van der Waals surface area contributed by atoms with E-state index in [2.05, 4.69) is 46.7 Å². The van der Waals surface area contributed by atoms with E-state index in [-0.39, 0.29) is 5.41 Å². The molecule has 4 heteroatoms. The van der Waals surface area contributed by atoms with Crippen LogP contribution in [-0.2, 0) is 6.54 Å². The summed E-state index contributed by atoms with van der Waals surface area (Å²) in [6, 6.07) is 1.16. The lowest BCUT2D eigenvalue weighted by molar-refractivity contribution is 0.0545. The molecule has 3 aliphatic heterocycles. The molecule has 4 heterocycles. The average Bonchev–Trinajstić information content (AvgIpc) is 2.91. The molecule has 0 saturated carbocycles. The van der Waals surface area contributed by atoms with Gasteiger partial charge in [-0.3, -0.25) is 0 Å². The van der Waals surface area contributed by atoms with Crippen molar-refractivity contribution in [2.45, 2.75) is 52.2 Å². The van der Waals surface area contributed by atoms with Crippen molar-refractivity contribution in [3.05, 3.63) is 18.7 Å². The molecule has 1 aromatic heterocycles. The highest BCUT2D eigenvalue weighted by molar-refractivity contribution is 4.95. The number of nitrogens with one attached hydrogen (secondary N) is 1. The zero-order valence-electron chi connectivity index (χ0n) is 13.0. The van der Waals surface area contributed by atoms with Crippen molar-refractivity contribution >= 4 is 0 Å². The Labute approximate surface area is 122 Å². The highest BCUT2D eigenvalue weighted by atomic mass is 15.2. The van der Waals surface area contributed by atoms with Crippen molar-refractivity contribution in [3.8, 4) is 0 Å². The monoisotopic (exact) mass is 276 g/mol. The van der Waals surface area contributed by atoms with Gasteiger partial charge in [-0.25, -0.2) is 4.98 Å². The fraction of sp³-hybridized carbons (Fsp3) is 0.812. The largest absolute Gasteiger partial charge is 0.336 e. The van der Waals surface area contributed by atoms with Crippen molar-refractivity contribution in [3.63, 3.8) is 0 Å². The van der Waals surface area contributed by atoms with Crippen LogP contribution in [0.25, 0.3) is 0 Å². The maximum Gasteiger partial charge on any atom is 0.0946 e. The Morgan fingerprint density at radius 1 is 1.30 bits per heavy atom. The Balaban J connectivity index is 1.67. The summed E-state index contributed by atoms with van der Waals surface area (Å²) in [5, 5.41) is 3.98. The Morgan fingerprint density at radius 2 is 2.05 bits per heavy atom. The van der Waals surface area contributed by atoms with Crippen LogP contribution >= 0.6 is 0 Å². The smallest absolute Gasteiger partial charge is 0.0946 e. The number of aromatic nitrogens is 2. The number of nitrogens with zero attached hydrogens (tertiary/aromatic N) is 3. The van der Waals surface area contributed by atoms with E-state index in [0.29, 0.717) is 12.1 Å². The molecule has 0 aliphatic carbocycles. The van der Waals surface area contributed by atoms with Crippen LogP contribution in [0.5, 0.6) is 0 Å². The van der Waals surface area contributed by atoms with Gasteiger partial charge in [0.25, 0.3) is 0 Å². The van der Waals surface area contributed by atoms with Gasteiger partial charge in [0.1, 0.15) is 0 Å². The lowest BCUT2D eigenvalue weighted by atomic mass is 9.80. The topological polar surface area (TPSA) is 33.1 Å². The van der Waals surface area contributed by atoms with Gasteiger partial charge in [0.2, 0.25) is 0 Å². The minimum atomic E-state index is 0.260. The summed E-state index contributed by atoms with van der Waals surface area (Å²) in [5.41, 5.74) is 0.260. The van der Waals surface area contributed by atoms with E-state index in [1.807, 2.05) is 12.5 Å². The zero-order chi connectivity index (χ0) is 14.2. The molecule has 0 amide bonds. The van der Waals surface area contributed by atoms with Crippen molar-refractivity contribution in [2.75, 3.05) is 19.6 Å². The van der Waals surface area contributed by atoms with E-state index < -0.39 is 0 Å². The molecule has 2 unspecified atom stereocenters. The zero-order valence-corrected chi connectivity index (χ0v) is 13.0. The summed E-state index contributed by atoms with van der Waals surface area (Å²) in [4.78, 5) is 6.79. The fourth-order valence-electron chi connectivity index (χ4n) is 3.59. The Hall–Kier alpha value is -0.870. The standard InChI is InChI=1S/C16H28N4/c1-16(2,3)15(11-20-9-6-17-12-20)18-14-10-19-7-4-13(14)5-8-19/h6,9,12-15,18H,4-5,7-8,10-11H2,1-3H3. The molecule has 0 spiro atoms. The number of hydrogen-bond donors (Lipinski definition) is 1. The SMILES string of the molecule is CC(C)(C)C(Cn1ccnc1)NC1CN2CCC1CC2. The molecule has 2 bridgehead atoms. The Bertz CT molecular complexity index is 412. The fourth-order valence-corrected chi connectivity index (χ4v) is 3.59. The summed E-state index contributed by atoms with van der Waals surface area (Å²) in [6.45, 7) is 11.9. The molecule has 112 valence electrons. The van der Waals surface area contributed by atoms with Crippen molar-refractivity contribution in [1.82, 2.24) is 19.8 Å². The van der Waals surface area contributed by atoms with E-state index >= 15 is 0 Å². The third-order valence-electron chi connectivity index (χ3n) is 5.07. The first-order valence-electron chi connectivity index (χ1n) is 7.96. The van der Waals surface area contributed by atoms with Crippen LogP contribution in [0, 0.1) is 11.3 Å². The van der Waals surface area contributed by atoms with Crippen LogP contribution in [0.4, 0.5) is 0 Å². The van der Waals surface area contributed by atoms with Crippen molar-refractivity contribution < 1.29 is 0 Å². The van der Waals surface area contributed by atoms with Gasteiger partial charge >= 0.3 is 0 Å². The van der Waals surface area contributed by atoms with Gasteiger partial charge in [0.15, 0.2) is 0 Å². The molecular formula is C16H28N4. The molecule has 4 rings (SSSR count). The molecule has 1 aromatic rings. The summed E-state index contributed by atoms with van der Waals surface area (Å²) in [7, 11) is 0. The maximum absolute atomic E-state index is 4.17. The molecule has 0 radical (unpaired) electrons. The van der Waals surface area contributed by atoms with Crippen LogP contribution in [-0.4, -0.2) is 46.2 Å². The normalized spacial score (nSPS) is 31.4. The molecular weight excluding hydrogens is 248 g/mol. The third-order valence-corrected chi connectivity index (χ3v) is 5.07. The quantitative estimate of drug-likeness (QED) is 0.913. The molecule has 3 saturated heterocycles. The minimum Gasteiger partial charge on any atom is -0.336 e. The first kappa shape index (κ1) is 14.1. The second-order valence-corrected chi connectivity index (χ2v) is 7.59. The third kappa shape index (κ3) is 3.07. The van der Waals surface area contributed by atoms with Crippen LogP contribution in [0.3, 0.4) is 0 Å². The van der Waals surface area contributed by atoms with Gasteiger partial charge in [0.05, 0.1) is 6.33 Å². The average molecular weight is 276 g/mol. The number of imidazole rings is 1. The molecule has 3 aliphatic rings. The first-order valence-corrected chi connectivity index (χ1v) is 7.96. The van der Waals surface area contributed by atoms with Crippen LogP contribution in [0.1, 0.15) is 33.6 Å². The first-order chi connectivity index (χ1) is 9.52. The highest BCUT2D eigenvalue weighted by Gasteiger charge is 2.37. The van der Waals surface area contributed by atoms with Crippen molar-refractivity contribution in [1.29, 1.82) is 0 Å². The van der Waals surface area contributed by atoms with E-state index in [9.17, 15) is 0 Å². The van der Waals surface area contributed by atoms with Gasteiger partial charge in [-0.2, -0.15) is 0 Å². The highest BCUT2D eigenvalue weighted by Crippen LogP contribution is 2.30. The lowest BCUT2D eigenvalue weighted by Crippen LogP contribution is -2.60. The van der Waals surface area contributed by atoms with E-state index in [1.165, 1.54) is 32.5 Å². The molecule has 0 aromatic carbocycles. The van der Waals surface area contributed by atoms with Gasteiger partial charge in [0, 0.05) is 37.6 Å². The number of hydrogen-bond acceptors (Lipinski definition) is 3. The molecule has 3 fully saturated rings. The second kappa shape index (κ2) is 5.49. The summed E-state index contributed by atoms with van der Waals surface area (Å²) in [5.74, 6) is 0.882. The van der Waals surface area contributed by atoms with E-state index in [0.717, 1.165) is 12.5 Å². The number of piperidine rings is 3. The summed E-state index contributed by atoms with van der Waals surface area (Å²) >= 11 is 0. The predicted molar refractivity (Wildman–Crippen MR) is 81.6 cm³/mol. The molecule has 20 heavy (non-hydrogen) atoms. The van der Waals surface area contributed by atoms with Gasteiger partial charge in [-0.15, -0.1) is 0 Å². The predicted octanol–water partition coefficient (Wildman–Crippen LogP) is 1.98. The number of rotatable bonds is 4.